The molecule has 2 heteroatoms. The van der Waals surface area contributed by atoms with Gasteiger partial charge in [0.2, 0.25) is 0 Å². The fourth-order valence-electron chi connectivity index (χ4n) is 1.46. The minimum atomic E-state index is 0.647. The van der Waals surface area contributed by atoms with Crippen LogP contribution in [0.3, 0.4) is 0 Å². The smallest absolute Gasteiger partial charge is 0.124 e. The lowest BCUT2D eigenvalue weighted by Crippen LogP contribution is -1.97. The third-order valence-corrected chi connectivity index (χ3v) is 2.34. The van der Waals surface area contributed by atoms with Crippen molar-refractivity contribution in [2.24, 2.45) is 0 Å². The minimum Gasteiger partial charge on any atom is -0.496 e. The molecule has 0 aromatic heterocycles. The van der Waals surface area contributed by atoms with E-state index >= 15 is 0 Å². The van der Waals surface area contributed by atoms with Gasteiger partial charge in [-0.2, -0.15) is 0 Å². The van der Waals surface area contributed by atoms with Crippen LogP contribution in [0, 0.1) is 0 Å². The summed E-state index contributed by atoms with van der Waals surface area (Å²) < 4.78 is 10.8. The molecule has 84 valence electrons. The lowest BCUT2D eigenvalue weighted by molar-refractivity contribution is 0.115. The number of hydrogen-bond acceptors (Lipinski definition) is 2. The van der Waals surface area contributed by atoms with Crippen molar-refractivity contribution in [2.45, 2.75) is 32.8 Å². The molecule has 1 rings (SSSR count). The van der Waals surface area contributed by atoms with Gasteiger partial charge in [-0.3, -0.25) is 0 Å². The second kappa shape index (κ2) is 7.30. The summed E-state index contributed by atoms with van der Waals surface area (Å²) in [4.78, 5) is 0. The molecule has 15 heavy (non-hydrogen) atoms. The van der Waals surface area contributed by atoms with Crippen molar-refractivity contribution in [3.8, 4) is 5.75 Å². The number of rotatable bonds is 7. The molecule has 0 heterocycles. The highest BCUT2D eigenvalue weighted by Crippen LogP contribution is 2.17. The maximum absolute atomic E-state index is 5.58. The number of methoxy groups -OCH3 is 1. The fourth-order valence-corrected chi connectivity index (χ4v) is 1.46. The van der Waals surface area contributed by atoms with Crippen molar-refractivity contribution in [1.82, 2.24) is 0 Å². The zero-order chi connectivity index (χ0) is 10.9. The molecule has 0 saturated carbocycles. The lowest BCUT2D eigenvalue weighted by Gasteiger charge is -2.08. The van der Waals surface area contributed by atoms with Gasteiger partial charge >= 0.3 is 0 Å². The van der Waals surface area contributed by atoms with E-state index in [-0.39, 0.29) is 0 Å². The molecule has 2 nitrogen and oxygen atoms in total. The van der Waals surface area contributed by atoms with E-state index in [4.69, 9.17) is 9.47 Å². The Morgan fingerprint density at radius 1 is 1.13 bits per heavy atom. The Balaban J connectivity index is 2.30. The monoisotopic (exact) mass is 208 g/mol. The summed E-state index contributed by atoms with van der Waals surface area (Å²) in [5.74, 6) is 0.910. The second-order valence-electron chi connectivity index (χ2n) is 3.57. The average Bonchev–Trinajstić information content (AvgIpc) is 2.29. The predicted molar refractivity (Wildman–Crippen MR) is 62.2 cm³/mol. The van der Waals surface area contributed by atoms with Gasteiger partial charge in [0.1, 0.15) is 5.75 Å². The molecule has 0 saturated heterocycles. The van der Waals surface area contributed by atoms with E-state index in [0.29, 0.717) is 6.61 Å². The van der Waals surface area contributed by atoms with Gasteiger partial charge in [0.05, 0.1) is 13.7 Å². The van der Waals surface area contributed by atoms with Crippen LogP contribution >= 0.6 is 0 Å². The Kier molecular flexibility index (Phi) is 5.86. The van der Waals surface area contributed by atoms with Crippen LogP contribution in [0.4, 0.5) is 0 Å². The Morgan fingerprint density at radius 3 is 2.67 bits per heavy atom. The number of para-hydroxylation sites is 1. The number of benzene rings is 1. The normalized spacial score (nSPS) is 10.3. The van der Waals surface area contributed by atoms with Crippen molar-refractivity contribution in [1.29, 1.82) is 0 Å². The quantitative estimate of drug-likeness (QED) is 0.639. The van der Waals surface area contributed by atoms with E-state index in [1.165, 1.54) is 12.8 Å². The molecule has 0 aliphatic rings. The standard InChI is InChI=1S/C13H20O2/c1-3-4-7-10-15-11-12-8-5-6-9-13(12)14-2/h5-6,8-9H,3-4,7,10-11H2,1-2H3. The third kappa shape index (κ3) is 4.34. The first-order valence-corrected chi connectivity index (χ1v) is 5.58. The van der Waals surface area contributed by atoms with Crippen LogP contribution < -0.4 is 4.74 Å². The van der Waals surface area contributed by atoms with Gasteiger partial charge in [0.15, 0.2) is 0 Å². The van der Waals surface area contributed by atoms with Gasteiger partial charge in [-0.05, 0) is 12.5 Å². The summed E-state index contributed by atoms with van der Waals surface area (Å²) in [6.07, 6.45) is 3.62. The molecular formula is C13H20O2. The van der Waals surface area contributed by atoms with Crippen LogP contribution in [0.5, 0.6) is 5.75 Å². The highest BCUT2D eigenvalue weighted by atomic mass is 16.5. The number of hydrogen-bond donors (Lipinski definition) is 0. The predicted octanol–water partition coefficient (Wildman–Crippen LogP) is 3.40. The van der Waals surface area contributed by atoms with Crippen LogP contribution in [0.25, 0.3) is 0 Å². The molecule has 0 radical (unpaired) electrons. The fraction of sp³-hybridized carbons (Fsp3) is 0.538. The SMILES string of the molecule is CCCCCOCc1ccccc1OC. The Labute approximate surface area is 92.2 Å². The van der Waals surface area contributed by atoms with Gasteiger partial charge in [-0.1, -0.05) is 38.0 Å². The van der Waals surface area contributed by atoms with Crippen LogP contribution in [0.1, 0.15) is 31.7 Å². The summed E-state index contributed by atoms with van der Waals surface area (Å²) in [5, 5.41) is 0. The average molecular weight is 208 g/mol. The van der Waals surface area contributed by atoms with Gasteiger partial charge in [-0.25, -0.2) is 0 Å². The summed E-state index contributed by atoms with van der Waals surface area (Å²) in [7, 11) is 1.69. The molecule has 0 unspecified atom stereocenters. The third-order valence-electron chi connectivity index (χ3n) is 2.34. The summed E-state index contributed by atoms with van der Waals surface area (Å²) in [6, 6.07) is 7.98. The van der Waals surface area contributed by atoms with E-state index < -0.39 is 0 Å². The first-order valence-electron chi connectivity index (χ1n) is 5.58. The maximum atomic E-state index is 5.58. The van der Waals surface area contributed by atoms with E-state index in [2.05, 4.69) is 6.92 Å². The van der Waals surface area contributed by atoms with Crippen molar-refractivity contribution < 1.29 is 9.47 Å². The van der Waals surface area contributed by atoms with Crippen LogP contribution in [0.15, 0.2) is 24.3 Å². The Morgan fingerprint density at radius 2 is 1.93 bits per heavy atom. The molecule has 0 N–H and O–H groups in total. The minimum absolute atomic E-state index is 0.647. The van der Waals surface area contributed by atoms with Crippen LogP contribution in [-0.2, 0) is 11.3 Å². The first-order chi connectivity index (χ1) is 7.38. The highest BCUT2D eigenvalue weighted by molar-refractivity contribution is 5.32. The topological polar surface area (TPSA) is 18.5 Å². The van der Waals surface area contributed by atoms with Crippen LogP contribution in [-0.4, -0.2) is 13.7 Å². The van der Waals surface area contributed by atoms with Gasteiger partial charge in [0, 0.05) is 12.2 Å². The van der Waals surface area contributed by atoms with Crippen molar-refractivity contribution in [3.63, 3.8) is 0 Å². The van der Waals surface area contributed by atoms with E-state index in [1.54, 1.807) is 7.11 Å². The van der Waals surface area contributed by atoms with E-state index in [0.717, 1.165) is 24.3 Å². The first kappa shape index (κ1) is 12.1. The summed E-state index contributed by atoms with van der Waals surface area (Å²) in [6.45, 7) is 3.68. The van der Waals surface area contributed by atoms with Crippen molar-refractivity contribution in [2.75, 3.05) is 13.7 Å². The molecule has 1 aromatic rings. The molecule has 0 bridgehead atoms. The van der Waals surface area contributed by atoms with Crippen molar-refractivity contribution >= 4 is 0 Å². The molecule has 1 aromatic carbocycles. The van der Waals surface area contributed by atoms with Gasteiger partial charge in [0.25, 0.3) is 0 Å². The Hall–Kier alpha value is -1.02. The van der Waals surface area contributed by atoms with Crippen molar-refractivity contribution in [3.05, 3.63) is 29.8 Å². The molecule has 0 fully saturated rings. The lowest BCUT2D eigenvalue weighted by atomic mass is 10.2. The van der Waals surface area contributed by atoms with E-state index in [1.807, 2.05) is 24.3 Å². The zero-order valence-electron chi connectivity index (χ0n) is 9.66. The van der Waals surface area contributed by atoms with Crippen LogP contribution in [0.2, 0.25) is 0 Å². The Bertz CT molecular complexity index is 271. The highest BCUT2D eigenvalue weighted by Gasteiger charge is 2.00. The summed E-state index contributed by atoms with van der Waals surface area (Å²) >= 11 is 0. The van der Waals surface area contributed by atoms with Gasteiger partial charge < -0.3 is 9.47 Å². The molecular weight excluding hydrogens is 188 g/mol. The van der Waals surface area contributed by atoms with Gasteiger partial charge in [-0.15, -0.1) is 0 Å². The summed E-state index contributed by atoms with van der Waals surface area (Å²) in [5.41, 5.74) is 1.12. The number of ether oxygens (including phenoxy) is 2. The second-order valence-corrected chi connectivity index (χ2v) is 3.57. The zero-order valence-corrected chi connectivity index (χ0v) is 9.66. The molecule has 0 aliphatic heterocycles. The number of unbranched alkanes of at least 4 members (excludes halogenated alkanes) is 2. The maximum Gasteiger partial charge on any atom is 0.124 e. The molecule has 0 aliphatic carbocycles. The molecule has 0 atom stereocenters. The molecule has 0 spiro atoms. The molecule has 0 amide bonds. The largest absolute Gasteiger partial charge is 0.496 e. The van der Waals surface area contributed by atoms with E-state index in [9.17, 15) is 0 Å².